The maximum atomic E-state index is 9.07. The SMILES string of the molecule is Cc1ccc2c(c1)C(Br)(C#N)CC2. The van der Waals surface area contributed by atoms with Gasteiger partial charge in [0, 0.05) is 0 Å². The predicted molar refractivity (Wildman–Crippen MR) is 55.7 cm³/mol. The summed E-state index contributed by atoms with van der Waals surface area (Å²) in [5.41, 5.74) is 3.69. The zero-order valence-electron chi connectivity index (χ0n) is 7.47. The van der Waals surface area contributed by atoms with Gasteiger partial charge in [-0.25, -0.2) is 0 Å². The highest BCUT2D eigenvalue weighted by Crippen LogP contribution is 2.43. The lowest BCUT2D eigenvalue weighted by atomic mass is 10.0. The molecule has 0 aromatic heterocycles. The van der Waals surface area contributed by atoms with E-state index in [1.165, 1.54) is 11.1 Å². The Morgan fingerprint density at radius 2 is 2.31 bits per heavy atom. The van der Waals surface area contributed by atoms with Gasteiger partial charge in [0.2, 0.25) is 0 Å². The minimum Gasteiger partial charge on any atom is -0.196 e. The van der Waals surface area contributed by atoms with Crippen molar-refractivity contribution in [1.82, 2.24) is 0 Å². The van der Waals surface area contributed by atoms with Crippen molar-refractivity contribution in [2.75, 3.05) is 0 Å². The van der Waals surface area contributed by atoms with Crippen molar-refractivity contribution in [2.24, 2.45) is 0 Å². The second kappa shape index (κ2) is 2.85. The van der Waals surface area contributed by atoms with Gasteiger partial charge in [-0.15, -0.1) is 0 Å². The second-order valence-electron chi connectivity index (χ2n) is 3.57. The Balaban J connectivity index is 2.60. The van der Waals surface area contributed by atoms with Gasteiger partial charge in [0.05, 0.1) is 6.07 Å². The van der Waals surface area contributed by atoms with Gasteiger partial charge >= 0.3 is 0 Å². The molecule has 1 nitrogen and oxygen atoms in total. The van der Waals surface area contributed by atoms with Crippen LogP contribution < -0.4 is 0 Å². The molecule has 0 radical (unpaired) electrons. The summed E-state index contributed by atoms with van der Waals surface area (Å²) < 4.78 is -0.422. The van der Waals surface area contributed by atoms with Gasteiger partial charge < -0.3 is 0 Å². The molecule has 0 saturated carbocycles. The first-order valence-corrected chi connectivity index (χ1v) is 5.15. The molecule has 1 aromatic carbocycles. The van der Waals surface area contributed by atoms with E-state index in [-0.39, 0.29) is 0 Å². The first-order chi connectivity index (χ1) is 6.15. The quantitative estimate of drug-likeness (QED) is 0.635. The van der Waals surface area contributed by atoms with Crippen LogP contribution in [0.5, 0.6) is 0 Å². The number of alkyl halides is 1. The molecule has 1 atom stereocenters. The molecule has 13 heavy (non-hydrogen) atoms. The molecule has 1 aliphatic carbocycles. The Morgan fingerprint density at radius 1 is 1.54 bits per heavy atom. The fourth-order valence-electron chi connectivity index (χ4n) is 1.83. The van der Waals surface area contributed by atoms with E-state index in [0.29, 0.717) is 0 Å². The van der Waals surface area contributed by atoms with Crippen LogP contribution in [0, 0.1) is 18.3 Å². The molecule has 2 heteroatoms. The summed E-state index contributed by atoms with van der Waals surface area (Å²) in [6.07, 6.45) is 1.90. The fraction of sp³-hybridized carbons (Fsp3) is 0.364. The van der Waals surface area contributed by atoms with Gasteiger partial charge in [0.1, 0.15) is 4.32 Å². The molecule has 0 spiro atoms. The minimum absolute atomic E-state index is 0.422. The fourth-order valence-corrected chi connectivity index (χ4v) is 2.40. The summed E-state index contributed by atoms with van der Waals surface area (Å²) in [6.45, 7) is 2.06. The third kappa shape index (κ3) is 1.28. The molecular weight excluding hydrogens is 226 g/mol. The minimum atomic E-state index is -0.422. The van der Waals surface area contributed by atoms with Crippen molar-refractivity contribution in [3.63, 3.8) is 0 Å². The molecule has 1 unspecified atom stereocenters. The van der Waals surface area contributed by atoms with Crippen LogP contribution in [0.2, 0.25) is 0 Å². The van der Waals surface area contributed by atoms with E-state index in [2.05, 4.69) is 47.1 Å². The maximum Gasteiger partial charge on any atom is 0.137 e. The maximum absolute atomic E-state index is 9.07. The van der Waals surface area contributed by atoms with Gasteiger partial charge in [-0.05, 0) is 30.9 Å². The van der Waals surface area contributed by atoms with Gasteiger partial charge in [-0.1, -0.05) is 39.7 Å². The average molecular weight is 236 g/mol. The normalized spacial score (nSPS) is 25.3. The molecule has 1 aromatic rings. The lowest BCUT2D eigenvalue weighted by molar-refractivity contribution is 0.779. The highest BCUT2D eigenvalue weighted by molar-refractivity contribution is 9.09. The van der Waals surface area contributed by atoms with Gasteiger partial charge in [-0.2, -0.15) is 5.26 Å². The van der Waals surface area contributed by atoms with Crippen LogP contribution in [0.4, 0.5) is 0 Å². The lowest BCUT2D eigenvalue weighted by Crippen LogP contribution is -2.10. The molecule has 66 valence electrons. The molecule has 0 N–H and O–H groups in total. The number of nitrogens with zero attached hydrogens (tertiary/aromatic N) is 1. The van der Waals surface area contributed by atoms with E-state index < -0.39 is 4.32 Å². The lowest BCUT2D eigenvalue weighted by Gasteiger charge is -2.13. The number of benzene rings is 1. The highest BCUT2D eigenvalue weighted by Gasteiger charge is 2.36. The average Bonchev–Trinajstić information content (AvgIpc) is 2.45. The van der Waals surface area contributed by atoms with E-state index in [4.69, 9.17) is 5.26 Å². The van der Waals surface area contributed by atoms with Crippen LogP contribution in [0.3, 0.4) is 0 Å². The van der Waals surface area contributed by atoms with Crippen molar-refractivity contribution in [3.8, 4) is 6.07 Å². The second-order valence-corrected chi connectivity index (χ2v) is 4.93. The Kier molecular flexibility index (Phi) is 1.92. The van der Waals surface area contributed by atoms with E-state index >= 15 is 0 Å². The first-order valence-electron chi connectivity index (χ1n) is 4.36. The monoisotopic (exact) mass is 235 g/mol. The Hall–Kier alpha value is -0.810. The Labute approximate surface area is 86.5 Å². The molecule has 0 bridgehead atoms. The van der Waals surface area contributed by atoms with E-state index in [0.717, 1.165) is 18.4 Å². The summed E-state index contributed by atoms with van der Waals surface area (Å²) in [4.78, 5) is 0. The van der Waals surface area contributed by atoms with Crippen LogP contribution in [-0.4, -0.2) is 0 Å². The third-order valence-corrected chi connectivity index (χ3v) is 3.61. The first kappa shape index (κ1) is 8.77. The molecule has 0 amide bonds. The number of hydrogen-bond acceptors (Lipinski definition) is 1. The smallest absolute Gasteiger partial charge is 0.137 e. The summed E-state index contributed by atoms with van der Waals surface area (Å²) >= 11 is 3.52. The Bertz CT molecular complexity index is 392. The molecule has 0 fully saturated rings. The van der Waals surface area contributed by atoms with E-state index in [1.54, 1.807) is 0 Å². The standard InChI is InChI=1S/C11H10BrN/c1-8-2-3-9-4-5-11(12,7-13)10(9)6-8/h2-3,6H,4-5H2,1H3. The molecule has 0 heterocycles. The number of rotatable bonds is 0. The van der Waals surface area contributed by atoms with E-state index in [1.807, 2.05) is 0 Å². The summed E-state index contributed by atoms with van der Waals surface area (Å²) in [5, 5.41) is 9.07. The van der Waals surface area contributed by atoms with Crippen molar-refractivity contribution in [1.29, 1.82) is 5.26 Å². The summed E-state index contributed by atoms with van der Waals surface area (Å²) in [7, 11) is 0. The highest BCUT2D eigenvalue weighted by atomic mass is 79.9. The number of fused-ring (bicyclic) bond motifs is 1. The van der Waals surface area contributed by atoms with E-state index in [9.17, 15) is 0 Å². The van der Waals surface area contributed by atoms with Crippen LogP contribution in [0.15, 0.2) is 18.2 Å². The Morgan fingerprint density at radius 3 is 3.00 bits per heavy atom. The number of nitriles is 1. The molecule has 0 saturated heterocycles. The van der Waals surface area contributed by atoms with Crippen LogP contribution in [-0.2, 0) is 10.7 Å². The van der Waals surface area contributed by atoms with Crippen molar-refractivity contribution in [2.45, 2.75) is 24.1 Å². The van der Waals surface area contributed by atoms with Gasteiger partial charge in [-0.3, -0.25) is 0 Å². The van der Waals surface area contributed by atoms with Gasteiger partial charge in [0.15, 0.2) is 0 Å². The molecule has 0 aliphatic heterocycles. The van der Waals surface area contributed by atoms with Crippen molar-refractivity contribution >= 4 is 15.9 Å². The van der Waals surface area contributed by atoms with Gasteiger partial charge in [0.25, 0.3) is 0 Å². The predicted octanol–water partition coefficient (Wildman–Crippen LogP) is 3.06. The number of aryl methyl sites for hydroxylation is 2. The topological polar surface area (TPSA) is 23.8 Å². The summed E-state index contributed by atoms with van der Waals surface area (Å²) in [5.74, 6) is 0. The molecule has 1 aliphatic rings. The van der Waals surface area contributed by atoms with Crippen molar-refractivity contribution in [3.05, 3.63) is 34.9 Å². The van der Waals surface area contributed by atoms with Crippen LogP contribution in [0.1, 0.15) is 23.1 Å². The van der Waals surface area contributed by atoms with Crippen molar-refractivity contribution < 1.29 is 0 Å². The zero-order valence-corrected chi connectivity index (χ0v) is 9.06. The molecule has 2 rings (SSSR count). The zero-order chi connectivity index (χ0) is 9.47. The third-order valence-electron chi connectivity index (χ3n) is 2.61. The van der Waals surface area contributed by atoms with Crippen LogP contribution >= 0.6 is 15.9 Å². The summed E-state index contributed by atoms with van der Waals surface area (Å²) in [6, 6.07) is 8.69. The number of halogens is 1. The molecular formula is C11H10BrN. The largest absolute Gasteiger partial charge is 0.196 e. The van der Waals surface area contributed by atoms with Crippen LogP contribution in [0.25, 0.3) is 0 Å². The number of hydrogen-bond donors (Lipinski definition) is 0.